The molecule has 2 aliphatic rings. The van der Waals surface area contributed by atoms with E-state index in [1.165, 1.54) is 0 Å². The molecule has 4 aromatic rings. The normalized spacial score (nSPS) is 16.1. The van der Waals surface area contributed by atoms with Gasteiger partial charge in [-0.3, -0.25) is 0 Å². The van der Waals surface area contributed by atoms with Crippen molar-refractivity contribution in [3.8, 4) is 16.9 Å². The van der Waals surface area contributed by atoms with Crippen molar-refractivity contribution in [3.05, 3.63) is 65.1 Å². The molecular formula is C32H36N4O5. The highest BCUT2D eigenvalue weighted by Crippen LogP contribution is 2.49. The molecule has 0 amide bonds. The van der Waals surface area contributed by atoms with Gasteiger partial charge in [-0.2, -0.15) is 0 Å². The van der Waals surface area contributed by atoms with Crippen LogP contribution in [0, 0.1) is 20.8 Å². The summed E-state index contributed by atoms with van der Waals surface area (Å²) < 4.78 is 19.7. The molecule has 0 spiro atoms. The van der Waals surface area contributed by atoms with Gasteiger partial charge in [0.2, 0.25) is 5.95 Å². The molecule has 41 heavy (non-hydrogen) atoms. The third kappa shape index (κ3) is 4.93. The highest BCUT2D eigenvalue weighted by molar-refractivity contribution is 6.08. The molecule has 0 aliphatic carbocycles. The summed E-state index contributed by atoms with van der Waals surface area (Å²) in [4.78, 5) is 24.3. The number of carbonyl (C=O) groups is 1. The molecule has 1 N–H and O–H groups in total. The predicted molar refractivity (Wildman–Crippen MR) is 157 cm³/mol. The van der Waals surface area contributed by atoms with E-state index in [0.29, 0.717) is 37.0 Å². The molecule has 9 nitrogen and oxygen atoms in total. The number of rotatable bonds is 7. The zero-order valence-corrected chi connectivity index (χ0v) is 24.4. The topological polar surface area (TPSA) is 98.9 Å². The molecule has 4 heterocycles. The zero-order chi connectivity index (χ0) is 29.1. The largest absolute Gasteiger partial charge is 0.482 e. The number of hydrogen-bond acceptors (Lipinski definition) is 7. The van der Waals surface area contributed by atoms with Crippen LogP contribution in [0.25, 0.3) is 22.0 Å². The van der Waals surface area contributed by atoms with E-state index >= 15 is 0 Å². The SMILES string of the molecule is Cc1ccc(-c2c([C@H](OC(C)(C)C)C(=O)O)c(C)c3c4c2cc(C)n4CCN3c2ncc(OC3COC3)cn2)cc1. The summed E-state index contributed by atoms with van der Waals surface area (Å²) >= 11 is 0. The Kier molecular flexibility index (Phi) is 6.74. The minimum atomic E-state index is -1.18. The average molecular weight is 557 g/mol. The maximum Gasteiger partial charge on any atom is 0.337 e. The van der Waals surface area contributed by atoms with E-state index in [-0.39, 0.29) is 6.10 Å². The molecule has 0 saturated carbocycles. The summed E-state index contributed by atoms with van der Waals surface area (Å²) in [5.74, 6) is 0.105. The summed E-state index contributed by atoms with van der Waals surface area (Å²) in [6.07, 6.45) is 2.23. The molecule has 0 unspecified atom stereocenters. The Morgan fingerprint density at radius 1 is 1.07 bits per heavy atom. The molecule has 9 heteroatoms. The summed E-state index contributed by atoms with van der Waals surface area (Å²) in [7, 11) is 0. The molecular weight excluding hydrogens is 520 g/mol. The van der Waals surface area contributed by atoms with Crippen molar-refractivity contribution in [2.75, 3.05) is 24.7 Å². The zero-order valence-electron chi connectivity index (χ0n) is 24.4. The second-order valence-corrected chi connectivity index (χ2v) is 11.9. The van der Waals surface area contributed by atoms with Crippen molar-refractivity contribution in [1.29, 1.82) is 0 Å². The standard InChI is InChI=1S/C32H36N4O5/c1-18-7-9-21(10-8-18)26-24-13-19(2)35-11-12-36(31-33-14-22(15-34-31)40-23-16-39-17-23)27(28(24)35)20(3)25(26)29(30(37)38)41-32(4,5)6/h7-10,13-15,23,29H,11-12,16-17H2,1-6H3,(H,37,38)/t29-/m0/s1. The number of carboxylic acids is 1. The van der Waals surface area contributed by atoms with Crippen LogP contribution in [0.15, 0.2) is 42.7 Å². The van der Waals surface area contributed by atoms with E-state index < -0.39 is 17.7 Å². The fourth-order valence-corrected chi connectivity index (χ4v) is 5.82. The first kappa shape index (κ1) is 27.2. The van der Waals surface area contributed by atoms with Gasteiger partial charge in [-0.25, -0.2) is 14.8 Å². The van der Waals surface area contributed by atoms with E-state index in [2.05, 4.69) is 56.7 Å². The van der Waals surface area contributed by atoms with Gasteiger partial charge in [0, 0.05) is 29.7 Å². The highest BCUT2D eigenvalue weighted by Gasteiger charge is 2.36. The second kappa shape index (κ2) is 10.2. The van der Waals surface area contributed by atoms with E-state index in [4.69, 9.17) is 14.2 Å². The fraction of sp³-hybridized carbons (Fsp3) is 0.406. The average Bonchev–Trinajstić information content (AvgIpc) is 3.23. The number of aryl methyl sites for hydroxylation is 2. The number of nitrogens with zero attached hydrogens (tertiary/aromatic N) is 4. The summed E-state index contributed by atoms with van der Waals surface area (Å²) in [6.45, 7) is 14.3. The number of aromatic nitrogens is 3. The number of ether oxygens (including phenoxy) is 3. The minimum absolute atomic E-state index is 0.0280. The Hall–Kier alpha value is -3.95. The predicted octanol–water partition coefficient (Wildman–Crippen LogP) is 5.89. The van der Waals surface area contributed by atoms with Gasteiger partial charge in [0.25, 0.3) is 0 Å². The van der Waals surface area contributed by atoms with Crippen molar-refractivity contribution in [2.24, 2.45) is 0 Å². The monoisotopic (exact) mass is 556 g/mol. The van der Waals surface area contributed by atoms with Gasteiger partial charge in [-0.15, -0.1) is 0 Å². The van der Waals surface area contributed by atoms with Crippen LogP contribution in [0.3, 0.4) is 0 Å². The lowest BCUT2D eigenvalue weighted by molar-refractivity contribution is -0.160. The van der Waals surface area contributed by atoms with Gasteiger partial charge in [0.15, 0.2) is 11.9 Å². The number of aliphatic carboxylic acids is 1. The van der Waals surface area contributed by atoms with Gasteiger partial charge in [-0.05, 0) is 64.3 Å². The van der Waals surface area contributed by atoms with Crippen LogP contribution in [-0.4, -0.2) is 57.1 Å². The van der Waals surface area contributed by atoms with Crippen molar-refractivity contribution in [1.82, 2.24) is 14.5 Å². The maximum atomic E-state index is 12.9. The quantitative estimate of drug-likeness (QED) is 0.301. The first-order valence-corrected chi connectivity index (χ1v) is 14.0. The lowest BCUT2D eigenvalue weighted by Crippen LogP contribution is -2.38. The molecule has 2 aromatic carbocycles. The molecule has 1 atom stereocenters. The van der Waals surface area contributed by atoms with E-state index in [0.717, 1.165) is 51.1 Å². The molecule has 0 bridgehead atoms. The molecule has 0 radical (unpaired) electrons. The van der Waals surface area contributed by atoms with Crippen LogP contribution >= 0.6 is 0 Å². The van der Waals surface area contributed by atoms with Gasteiger partial charge in [0.1, 0.15) is 6.10 Å². The second-order valence-electron chi connectivity index (χ2n) is 11.9. The van der Waals surface area contributed by atoms with Gasteiger partial charge in [0.05, 0.1) is 42.4 Å². The van der Waals surface area contributed by atoms with E-state index in [1.807, 2.05) is 34.6 Å². The summed E-state index contributed by atoms with van der Waals surface area (Å²) in [5, 5.41) is 11.5. The molecule has 1 fully saturated rings. The Bertz CT molecular complexity index is 1620. The van der Waals surface area contributed by atoms with Crippen LogP contribution in [0.1, 0.15) is 49.3 Å². The lowest BCUT2D eigenvalue weighted by atomic mass is 9.87. The number of benzene rings is 2. The van der Waals surface area contributed by atoms with Crippen LogP contribution in [0.4, 0.5) is 11.6 Å². The molecule has 1 saturated heterocycles. The molecule has 214 valence electrons. The van der Waals surface area contributed by atoms with E-state index in [9.17, 15) is 9.90 Å². The number of carboxylic acid groups (broad SMARTS) is 1. The van der Waals surface area contributed by atoms with Crippen LogP contribution in [0.2, 0.25) is 0 Å². The Morgan fingerprint density at radius 3 is 2.34 bits per heavy atom. The molecule has 6 rings (SSSR count). The minimum Gasteiger partial charge on any atom is -0.482 e. The smallest absolute Gasteiger partial charge is 0.337 e. The van der Waals surface area contributed by atoms with Crippen LogP contribution in [0.5, 0.6) is 5.75 Å². The molecule has 2 aromatic heterocycles. The van der Waals surface area contributed by atoms with Crippen LogP contribution in [-0.2, 0) is 20.8 Å². The van der Waals surface area contributed by atoms with Crippen LogP contribution < -0.4 is 9.64 Å². The van der Waals surface area contributed by atoms with Crippen molar-refractivity contribution < 1.29 is 24.1 Å². The van der Waals surface area contributed by atoms with Crippen molar-refractivity contribution in [3.63, 3.8) is 0 Å². The van der Waals surface area contributed by atoms with Crippen molar-refractivity contribution >= 4 is 28.5 Å². The molecule has 2 aliphatic heterocycles. The third-order valence-corrected chi connectivity index (χ3v) is 7.71. The first-order valence-electron chi connectivity index (χ1n) is 14.0. The maximum absolute atomic E-state index is 12.9. The highest BCUT2D eigenvalue weighted by atomic mass is 16.6. The van der Waals surface area contributed by atoms with Gasteiger partial charge >= 0.3 is 5.97 Å². The third-order valence-electron chi connectivity index (χ3n) is 7.71. The first-order chi connectivity index (χ1) is 19.5. The van der Waals surface area contributed by atoms with Crippen molar-refractivity contribution in [2.45, 2.75) is 65.9 Å². The van der Waals surface area contributed by atoms with E-state index in [1.54, 1.807) is 12.4 Å². The fourth-order valence-electron chi connectivity index (χ4n) is 5.82. The Balaban J connectivity index is 1.59. The number of anilines is 2. The summed E-state index contributed by atoms with van der Waals surface area (Å²) in [5.41, 5.74) is 6.82. The Labute approximate surface area is 239 Å². The van der Waals surface area contributed by atoms with Gasteiger partial charge in [-0.1, -0.05) is 29.8 Å². The summed E-state index contributed by atoms with van der Waals surface area (Å²) in [6, 6.07) is 10.4. The Morgan fingerprint density at radius 2 is 1.76 bits per heavy atom. The number of hydrogen-bond donors (Lipinski definition) is 1. The van der Waals surface area contributed by atoms with Gasteiger partial charge < -0.3 is 28.8 Å². The lowest BCUT2D eigenvalue weighted by Gasteiger charge is -2.35.